The number of aromatic nitrogens is 2. The van der Waals surface area contributed by atoms with Crippen LogP contribution in [0.2, 0.25) is 0 Å². The van der Waals surface area contributed by atoms with Crippen LogP contribution in [0.1, 0.15) is 48.5 Å². The Hall–Kier alpha value is -3.39. The highest BCUT2D eigenvalue weighted by atomic mass is 16.3. The van der Waals surface area contributed by atoms with Gasteiger partial charge in [0, 0.05) is 44.4 Å². The van der Waals surface area contributed by atoms with E-state index in [1.54, 1.807) is 6.07 Å². The largest absolute Gasteiger partial charge is 0.460 e. The van der Waals surface area contributed by atoms with Crippen LogP contribution in [0.25, 0.3) is 11.5 Å². The lowest BCUT2D eigenvalue weighted by atomic mass is 10.1. The number of amides is 2. The lowest BCUT2D eigenvalue weighted by Crippen LogP contribution is -2.37. The fourth-order valence-electron chi connectivity index (χ4n) is 4.41. The quantitative estimate of drug-likeness (QED) is 0.604. The number of aromatic amines is 1. The summed E-state index contributed by atoms with van der Waals surface area (Å²) in [4.78, 5) is 32.7. The Morgan fingerprint density at radius 2 is 1.89 bits per heavy atom. The van der Waals surface area contributed by atoms with Gasteiger partial charge in [-0.15, -0.1) is 0 Å². The Labute approximate surface area is 206 Å². The molecule has 0 radical (unpaired) electrons. The van der Waals surface area contributed by atoms with E-state index in [2.05, 4.69) is 36.0 Å². The van der Waals surface area contributed by atoms with Gasteiger partial charge in [0.25, 0.3) is 5.91 Å². The molecule has 8 nitrogen and oxygen atoms in total. The number of nitrogens with one attached hydrogen (secondary N) is 1. The number of benzene rings is 1. The molecule has 4 rings (SSSR count). The van der Waals surface area contributed by atoms with Crippen molar-refractivity contribution in [3.05, 3.63) is 59.5 Å². The van der Waals surface area contributed by atoms with Gasteiger partial charge >= 0.3 is 0 Å². The number of nitrogens with zero attached hydrogens (tertiary/aromatic N) is 4. The molecule has 1 aromatic carbocycles. The third-order valence-electron chi connectivity index (χ3n) is 6.29. The van der Waals surface area contributed by atoms with Crippen molar-refractivity contribution in [3.8, 4) is 11.5 Å². The van der Waals surface area contributed by atoms with Crippen LogP contribution in [0.5, 0.6) is 0 Å². The summed E-state index contributed by atoms with van der Waals surface area (Å²) in [6, 6.07) is 13.4. The summed E-state index contributed by atoms with van der Waals surface area (Å²) in [7, 11) is 2.06. The molecule has 0 bridgehead atoms. The number of aryl methyl sites for hydroxylation is 1. The first-order chi connectivity index (χ1) is 16.8. The molecule has 2 aromatic heterocycles. The first-order valence-corrected chi connectivity index (χ1v) is 12.3. The SMILES string of the molecule is Cc1ccc(-c2cc(C(=O)N3CCN(C)CCCN(C(=O)CC(C)C)c4ccccc4C3)n[nH]2)o1. The first kappa shape index (κ1) is 24.7. The maximum Gasteiger partial charge on any atom is 0.274 e. The molecule has 0 spiro atoms. The van der Waals surface area contributed by atoms with Gasteiger partial charge < -0.3 is 19.1 Å². The number of hydrogen-bond acceptors (Lipinski definition) is 5. The van der Waals surface area contributed by atoms with Gasteiger partial charge in [0.1, 0.15) is 11.5 Å². The molecule has 0 aliphatic carbocycles. The van der Waals surface area contributed by atoms with Crippen molar-refractivity contribution in [3.63, 3.8) is 0 Å². The lowest BCUT2D eigenvalue weighted by molar-refractivity contribution is -0.119. The van der Waals surface area contributed by atoms with Gasteiger partial charge in [-0.25, -0.2) is 0 Å². The maximum absolute atomic E-state index is 13.6. The van der Waals surface area contributed by atoms with Gasteiger partial charge in [0.15, 0.2) is 11.5 Å². The van der Waals surface area contributed by atoms with E-state index in [1.807, 2.05) is 53.1 Å². The Balaban J connectivity index is 1.64. The summed E-state index contributed by atoms with van der Waals surface area (Å²) in [5.41, 5.74) is 2.85. The van der Waals surface area contributed by atoms with E-state index in [0.717, 1.165) is 36.5 Å². The summed E-state index contributed by atoms with van der Waals surface area (Å²) in [5, 5.41) is 7.22. The average Bonchev–Trinajstić information content (AvgIpc) is 3.47. The summed E-state index contributed by atoms with van der Waals surface area (Å²) < 4.78 is 5.67. The number of para-hydroxylation sites is 1. The zero-order valence-corrected chi connectivity index (χ0v) is 21.1. The molecule has 35 heavy (non-hydrogen) atoms. The van der Waals surface area contributed by atoms with Crippen molar-refractivity contribution in [1.29, 1.82) is 0 Å². The fraction of sp³-hybridized carbons (Fsp3) is 0.444. The highest BCUT2D eigenvalue weighted by Crippen LogP contribution is 2.26. The molecule has 0 unspecified atom stereocenters. The van der Waals surface area contributed by atoms with Gasteiger partial charge in [-0.2, -0.15) is 5.10 Å². The zero-order chi connectivity index (χ0) is 24.9. The normalized spacial score (nSPS) is 15.7. The Morgan fingerprint density at radius 3 is 2.63 bits per heavy atom. The van der Waals surface area contributed by atoms with Crippen LogP contribution in [-0.2, 0) is 11.3 Å². The number of carbonyl (C=O) groups is 2. The van der Waals surface area contributed by atoms with Crippen molar-refractivity contribution >= 4 is 17.5 Å². The van der Waals surface area contributed by atoms with Gasteiger partial charge in [0.2, 0.25) is 5.91 Å². The summed E-state index contributed by atoms with van der Waals surface area (Å²) in [6.45, 7) is 9.21. The van der Waals surface area contributed by atoms with E-state index in [9.17, 15) is 9.59 Å². The Bertz CT molecular complexity index is 1170. The predicted octanol–water partition coefficient (Wildman–Crippen LogP) is 4.34. The molecular weight excluding hydrogens is 442 g/mol. The number of likely N-dealkylation sites (N-methyl/N-ethyl adjacent to an activating group) is 1. The minimum absolute atomic E-state index is 0.123. The van der Waals surface area contributed by atoms with Crippen molar-refractivity contribution in [2.45, 2.75) is 40.2 Å². The zero-order valence-electron chi connectivity index (χ0n) is 21.1. The Morgan fingerprint density at radius 1 is 1.09 bits per heavy atom. The molecule has 2 amide bonds. The molecule has 0 fully saturated rings. The molecule has 0 saturated carbocycles. The predicted molar refractivity (Wildman–Crippen MR) is 136 cm³/mol. The van der Waals surface area contributed by atoms with Gasteiger partial charge in [0.05, 0.1) is 0 Å². The number of fused-ring (bicyclic) bond motifs is 1. The highest BCUT2D eigenvalue weighted by molar-refractivity contribution is 5.95. The average molecular weight is 478 g/mol. The maximum atomic E-state index is 13.6. The second-order valence-electron chi connectivity index (χ2n) is 9.73. The van der Waals surface area contributed by atoms with E-state index < -0.39 is 0 Å². The molecule has 1 aliphatic heterocycles. The molecule has 3 aromatic rings. The number of carbonyl (C=O) groups excluding carboxylic acids is 2. The van der Waals surface area contributed by atoms with Crippen LogP contribution in [0.4, 0.5) is 5.69 Å². The molecule has 186 valence electrons. The summed E-state index contributed by atoms with van der Waals surface area (Å²) >= 11 is 0. The van der Waals surface area contributed by atoms with Crippen LogP contribution in [0, 0.1) is 12.8 Å². The van der Waals surface area contributed by atoms with Gasteiger partial charge in [-0.3, -0.25) is 14.7 Å². The van der Waals surface area contributed by atoms with Crippen molar-refractivity contribution in [1.82, 2.24) is 20.0 Å². The molecular formula is C27H35N5O3. The van der Waals surface area contributed by atoms with Crippen LogP contribution < -0.4 is 4.90 Å². The number of anilines is 1. The minimum Gasteiger partial charge on any atom is -0.460 e. The standard InChI is InChI=1S/C27H35N5O3/c1-19(2)16-26(33)32-13-7-12-30(4)14-15-31(18-21-8-5-6-9-24(21)32)27(34)23-17-22(28-29-23)25-11-10-20(3)35-25/h5-6,8-11,17,19H,7,12-16,18H2,1-4H3,(H,28,29). The molecule has 1 N–H and O–H groups in total. The number of rotatable bonds is 4. The monoisotopic (exact) mass is 477 g/mol. The molecule has 0 saturated heterocycles. The molecule has 3 heterocycles. The number of hydrogen-bond donors (Lipinski definition) is 1. The topological polar surface area (TPSA) is 85.7 Å². The van der Waals surface area contributed by atoms with E-state index in [-0.39, 0.29) is 17.7 Å². The smallest absolute Gasteiger partial charge is 0.274 e. The second-order valence-corrected chi connectivity index (χ2v) is 9.73. The van der Waals surface area contributed by atoms with Crippen molar-refractivity contribution < 1.29 is 14.0 Å². The van der Waals surface area contributed by atoms with Crippen molar-refractivity contribution in [2.24, 2.45) is 5.92 Å². The van der Waals surface area contributed by atoms with Crippen LogP contribution >= 0.6 is 0 Å². The third-order valence-corrected chi connectivity index (χ3v) is 6.29. The van der Waals surface area contributed by atoms with E-state index in [0.29, 0.717) is 43.2 Å². The van der Waals surface area contributed by atoms with E-state index >= 15 is 0 Å². The van der Waals surface area contributed by atoms with E-state index in [1.165, 1.54) is 0 Å². The van der Waals surface area contributed by atoms with Crippen molar-refractivity contribution in [2.75, 3.05) is 38.1 Å². The summed E-state index contributed by atoms with van der Waals surface area (Å²) in [5.74, 6) is 1.69. The van der Waals surface area contributed by atoms with Crippen LogP contribution in [0.15, 0.2) is 46.9 Å². The molecule has 0 atom stereocenters. The Kier molecular flexibility index (Phi) is 7.70. The third kappa shape index (κ3) is 6.00. The summed E-state index contributed by atoms with van der Waals surface area (Å²) in [6.07, 6.45) is 1.36. The first-order valence-electron chi connectivity index (χ1n) is 12.3. The van der Waals surface area contributed by atoms with Gasteiger partial charge in [-0.1, -0.05) is 32.0 Å². The fourth-order valence-corrected chi connectivity index (χ4v) is 4.41. The molecule has 1 aliphatic rings. The van der Waals surface area contributed by atoms with Crippen LogP contribution in [0.3, 0.4) is 0 Å². The highest BCUT2D eigenvalue weighted by Gasteiger charge is 2.25. The van der Waals surface area contributed by atoms with E-state index in [4.69, 9.17) is 4.42 Å². The number of furan rings is 1. The molecule has 8 heteroatoms. The lowest BCUT2D eigenvalue weighted by Gasteiger charge is -2.28. The van der Waals surface area contributed by atoms with Gasteiger partial charge in [-0.05, 0) is 56.6 Å². The second kappa shape index (κ2) is 10.9. The minimum atomic E-state index is -0.154. The van der Waals surface area contributed by atoms with Crippen LogP contribution in [-0.4, -0.2) is 65.0 Å². The number of H-pyrrole nitrogens is 1.